The molecule has 0 saturated heterocycles. The zero-order valence-electron chi connectivity index (χ0n) is 15.4. The number of hydrogen-bond acceptors (Lipinski definition) is 3. The second-order valence-electron chi connectivity index (χ2n) is 9.85. The van der Waals surface area contributed by atoms with Gasteiger partial charge in [0.2, 0.25) is 0 Å². The Hall–Kier alpha value is -0.700. The van der Waals surface area contributed by atoms with Crippen LogP contribution in [-0.4, -0.2) is 22.8 Å². The van der Waals surface area contributed by atoms with Crippen LogP contribution in [0.2, 0.25) is 0 Å². The van der Waals surface area contributed by atoms with E-state index in [1.54, 1.807) is 6.92 Å². The molecule has 0 aromatic heterocycles. The Kier molecular flexibility index (Phi) is 3.77. The van der Waals surface area contributed by atoms with Gasteiger partial charge < -0.3 is 5.11 Å². The number of Topliss-reactive ketones (excluding diaryl/α,β-unsaturated/α-hetero) is 2. The van der Waals surface area contributed by atoms with E-state index in [9.17, 15) is 14.7 Å². The molecule has 0 aliphatic heterocycles. The van der Waals surface area contributed by atoms with Gasteiger partial charge in [0.25, 0.3) is 0 Å². The highest BCUT2D eigenvalue weighted by molar-refractivity contribution is 5.87. The molecule has 4 aliphatic carbocycles. The lowest BCUT2D eigenvalue weighted by atomic mass is 9.44. The maximum absolute atomic E-state index is 13.3. The Labute approximate surface area is 145 Å². The summed E-state index contributed by atoms with van der Waals surface area (Å²) in [5, 5.41) is 10.1. The van der Waals surface area contributed by atoms with Gasteiger partial charge in [-0.2, -0.15) is 0 Å². The molecule has 1 N–H and O–H groups in total. The fraction of sp³-hybridized carbons (Fsp3) is 0.905. The quantitative estimate of drug-likeness (QED) is 0.795. The summed E-state index contributed by atoms with van der Waals surface area (Å²) in [6.45, 7) is 6.28. The summed E-state index contributed by atoms with van der Waals surface area (Å²) >= 11 is 0. The summed E-state index contributed by atoms with van der Waals surface area (Å²) in [7, 11) is 0. The van der Waals surface area contributed by atoms with Gasteiger partial charge in [0.15, 0.2) is 0 Å². The van der Waals surface area contributed by atoms with Crippen molar-refractivity contribution in [3.05, 3.63) is 0 Å². The first kappa shape index (κ1) is 16.8. The van der Waals surface area contributed by atoms with Crippen LogP contribution < -0.4 is 0 Å². The monoisotopic (exact) mass is 332 g/mol. The van der Waals surface area contributed by atoms with Gasteiger partial charge in [-0.05, 0) is 80.5 Å². The standard InChI is InChI=1S/C21H32O3/c1-12(22)16-6-7-17-15-5-4-13-10-14(23)8-9-20(13,2)19(15)18(24)11-21(16,17)3/h13-17,19,23H,4-11H2,1-3H3/t13-,14-,15+,16-,17+,19-,20-,21+/m0/s1. The van der Waals surface area contributed by atoms with E-state index in [1.165, 1.54) is 0 Å². The molecule has 24 heavy (non-hydrogen) atoms. The van der Waals surface area contributed by atoms with E-state index in [0.717, 1.165) is 44.9 Å². The first-order valence-electron chi connectivity index (χ1n) is 9.98. The van der Waals surface area contributed by atoms with E-state index in [4.69, 9.17) is 0 Å². The van der Waals surface area contributed by atoms with Gasteiger partial charge in [-0.3, -0.25) is 9.59 Å². The zero-order chi connectivity index (χ0) is 17.3. The normalized spacial score (nSPS) is 53.9. The molecule has 0 aromatic carbocycles. The van der Waals surface area contributed by atoms with Crippen molar-refractivity contribution in [1.29, 1.82) is 0 Å². The molecule has 8 atom stereocenters. The Bertz CT molecular complexity index is 569. The van der Waals surface area contributed by atoms with Crippen LogP contribution in [0.3, 0.4) is 0 Å². The lowest BCUT2D eigenvalue weighted by molar-refractivity contribution is -0.162. The smallest absolute Gasteiger partial charge is 0.137 e. The van der Waals surface area contributed by atoms with Gasteiger partial charge in [0.1, 0.15) is 11.6 Å². The number of aliphatic hydroxyl groups is 1. The van der Waals surface area contributed by atoms with Crippen LogP contribution in [0, 0.1) is 40.4 Å². The van der Waals surface area contributed by atoms with Crippen molar-refractivity contribution in [2.75, 3.05) is 0 Å². The lowest BCUT2D eigenvalue weighted by Crippen LogP contribution is -2.58. The van der Waals surface area contributed by atoms with E-state index in [-0.39, 0.29) is 34.6 Å². The summed E-state index contributed by atoms with van der Waals surface area (Å²) in [5.74, 6) is 2.48. The van der Waals surface area contributed by atoms with Crippen LogP contribution in [0.25, 0.3) is 0 Å². The minimum absolute atomic E-state index is 0.0782. The third kappa shape index (κ3) is 2.12. The molecule has 0 aromatic rings. The second kappa shape index (κ2) is 5.40. The van der Waals surface area contributed by atoms with E-state index in [0.29, 0.717) is 30.0 Å². The van der Waals surface area contributed by atoms with Gasteiger partial charge in [0.05, 0.1) is 6.10 Å². The third-order valence-electron chi connectivity index (χ3n) is 8.81. The van der Waals surface area contributed by atoms with Crippen LogP contribution in [0.5, 0.6) is 0 Å². The van der Waals surface area contributed by atoms with E-state index in [1.807, 2.05) is 0 Å². The van der Waals surface area contributed by atoms with Gasteiger partial charge >= 0.3 is 0 Å². The fourth-order valence-electron chi connectivity index (χ4n) is 7.72. The number of carbonyl (C=O) groups excluding carboxylic acids is 2. The maximum atomic E-state index is 13.3. The third-order valence-corrected chi connectivity index (χ3v) is 8.81. The summed E-state index contributed by atoms with van der Waals surface area (Å²) in [4.78, 5) is 25.5. The number of hydrogen-bond donors (Lipinski definition) is 1. The van der Waals surface area contributed by atoms with Crippen LogP contribution in [0.15, 0.2) is 0 Å². The number of aliphatic hydroxyl groups excluding tert-OH is 1. The Morgan fingerprint density at radius 3 is 2.54 bits per heavy atom. The minimum Gasteiger partial charge on any atom is -0.393 e. The van der Waals surface area contributed by atoms with Crippen LogP contribution in [-0.2, 0) is 9.59 Å². The number of rotatable bonds is 1. The van der Waals surface area contributed by atoms with Crippen molar-refractivity contribution in [3.63, 3.8) is 0 Å². The first-order valence-corrected chi connectivity index (χ1v) is 9.98. The van der Waals surface area contributed by atoms with Crippen molar-refractivity contribution in [2.24, 2.45) is 40.4 Å². The van der Waals surface area contributed by atoms with E-state index in [2.05, 4.69) is 13.8 Å². The van der Waals surface area contributed by atoms with Crippen molar-refractivity contribution in [3.8, 4) is 0 Å². The van der Waals surface area contributed by atoms with Gasteiger partial charge in [-0.1, -0.05) is 13.8 Å². The van der Waals surface area contributed by atoms with E-state index >= 15 is 0 Å². The Morgan fingerprint density at radius 2 is 1.83 bits per heavy atom. The molecule has 3 nitrogen and oxygen atoms in total. The molecular formula is C21H32O3. The predicted molar refractivity (Wildman–Crippen MR) is 92.3 cm³/mol. The molecule has 0 bridgehead atoms. The highest BCUT2D eigenvalue weighted by Gasteiger charge is 2.63. The van der Waals surface area contributed by atoms with Gasteiger partial charge in [-0.15, -0.1) is 0 Å². The molecule has 4 rings (SSSR count). The van der Waals surface area contributed by atoms with Gasteiger partial charge in [-0.25, -0.2) is 0 Å². The van der Waals surface area contributed by atoms with Crippen molar-refractivity contribution >= 4 is 11.6 Å². The number of ketones is 2. The molecule has 134 valence electrons. The Morgan fingerprint density at radius 1 is 1.08 bits per heavy atom. The van der Waals surface area contributed by atoms with Gasteiger partial charge in [0, 0.05) is 18.3 Å². The lowest BCUT2D eigenvalue weighted by Gasteiger charge is -2.59. The average Bonchev–Trinajstić information content (AvgIpc) is 2.84. The molecule has 4 saturated carbocycles. The molecular weight excluding hydrogens is 300 g/mol. The van der Waals surface area contributed by atoms with Crippen molar-refractivity contribution < 1.29 is 14.7 Å². The molecule has 3 heteroatoms. The maximum Gasteiger partial charge on any atom is 0.137 e. The van der Waals surface area contributed by atoms with Crippen molar-refractivity contribution in [2.45, 2.75) is 78.2 Å². The minimum atomic E-state index is -0.169. The molecule has 4 fully saturated rings. The summed E-state index contributed by atoms with van der Waals surface area (Å²) in [6.07, 6.45) is 7.53. The highest BCUT2D eigenvalue weighted by Crippen LogP contribution is 2.66. The molecule has 4 aliphatic rings. The molecule has 0 spiro atoms. The predicted octanol–water partition coefficient (Wildman–Crippen LogP) is 3.77. The highest BCUT2D eigenvalue weighted by atomic mass is 16.3. The SMILES string of the molecule is CC(=O)[C@@H]1CC[C@@H]2[C@H]3CC[C@H]4C[C@@H](O)CC[C@]4(C)[C@@H]3C(=O)C[C@@]21C. The first-order chi connectivity index (χ1) is 11.3. The summed E-state index contributed by atoms with van der Waals surface area (Å²) in [6, 6.07) is 0. The number of carbonyl (C=O) groups is 2. The van der Waals surface area contributed by atoms with E-state index < -0.39 is 0 Å². The molecule has 0 unspecified atom stereocenters. The Balaban J connectivity index is 1.68. The summed E-state index contributed by atoms with van der Waals surface area (Å²) in [5.41, 5.74) is -0.0175. The fourth-order valence-corrected chi connectivity index (χ4v) is 7.72. The number of fused-ring (bicyclic) bond motifs is 5. The average molecular weight is 332 g/mol. The second-order valence-corrected chi connectivity index (χ2v) is 9.85. The topological polar surface area (TPSA) is 54.4 Å². The van der Waals surface area contributed by atoms with Crippen LogP contribution >= 0.6 is 0 Å². The molecule has 0 radical (unpaired) electrons. The molecule has 0 amide bonds. The van der Waals surface area contributed by atoms with Crippen molar-refractivity contribution in [1.82, 2.24) is 0 Å². The van der Waals surface area contributed by atoms with Crippen LogP contribution in [0.4, 0.5) is 0 Å². The zero-order valence-corrected chi connectivity index (χ0v) is 15.4. The largest absolute Gasteiger partial charge is 0.393 e. The molecule has 0 heterocycles. The summed E-state index contributed by atoms with van der Waals surface area (Å²) < 4.78 is 0. The van der Waals surface area contributed by atoms with Crippen LogP contribution in [0.1, 0.15) is 72.1 Å².